The molecule has 1 aromatic heterocycles. The number of nitriles is 2. The molecule has 3 nitrogen and oxygen atoms in total. The van der Waals surface area contributed by atoms with Crippen molar-refractivity contribution in [2.75, 3.05) is 0 Å². The summed E-state index contributed by atoms with van der Waals surface area (Å²) in [7, 11) is 0. The van der Waals surface area contributed by atoms with E-state index in [1.807, 2.05) is 12.1 Å². The molecule has 0 saturated carbocycles. The summed E-state index contributed by atoms with van der Waals surface area (Å²) in [6.07, 6.45) is 1.72. The van der Waals surface area contributed by atoms with Crippen LogP contribution in [0.5, 0.6) is 0 Å². The molecule has 0 radical (unpaired) electrons. The maximum atomic E-state index is 8.65. The van der Waals surface area contributed by atoms with Gasteiger partial charge in [0.05, 0.1) is 18.1 Å². The van der Waals surface area contributed by atoms with Gasteiger partial charge in [-0.15, -0.1) is 0 Å². The summed E-state index contributed by atoms with van der Waals surface area (Å²) < 4.78 is 0. The van der Waals surface area contributed by atoms with Gasteiger partial charge in [0, 0.05) is 6.20 Å². The zero-order chi connectivity index (χ0) is 9.52. The molecule has 0 aliphatic heterocycles. The first-order chi connectivity index (χ1) is 6.38. The van der Waals surface area contributed by atoms with Crippen molar-refractivity contribution in [3.63, 3.8) is 0 Å². The van der Waals surface area contributed by atoms with E-state index in [9.17, 15) is 0 Å². The summed E-state index contributed by atoms with van der Waals surface area (Å²) in [6, 6.07) is 7.18. The van der Waals surface area contributed by atoms with Crippen LogP contribution in [0.1, 0.15) is 17.7 Å². The van der Waals surface area contributed by atoms with E-state index >= 15 is 0 Å². The van der Waals surface area contributed by atoms with E-state index < -0.39 is 0 Å². The highest BCUT2D eigenvalue weighted by molar-refractivity contribution is 5.42. The molecule has 1 aromatic rings. The molecule has 0 saturated heterocycles. The second kappa shape index (κ2) is 4.54. The molecule has 1 heterocycles. The van der Waals surface area contributed by atoms with E-state index in [1.54, 1.807) is 18.3 Å². The second-order valence-corrected chi connectivity index (χ2v) is 2.15. The normalized spacial score (nSPS) is 7.54. The van der Waals surface area contributed by atoms with Crippen molar-refractivity contribution < 1.29 is 0 Å². The monoisotopic (exact) mass is 167 g/mol. The van der Waals surface area contributed by atoms with E-state index in [2.05, 4.69) is 16.8 Å². The molecule has 0 aliphatic carbocycles. The zero-order valence-electron chi connectivity index (χ0n) is 6.78. The van der Waals surface area contributed by atoms with Crippen LogP contribution < -0.4 is 0 Å². The molecule has 0 fully saturated rings. The van der Waals surface area contributed by atoms with Gasteiger partial charge in [0.15, 0.2) is 0 Å². The number of aromatic nitrogens is 1. The molecule has 0 aliphatic rings. The van der Waals surface area contributed by atoms with E-state index in [4.69, 9.17) is 10.5 Å². The maximum absolute atomic E-state index is 8.65. The molecule has 0 atom stereocenters. The van der Waals surface area contributed by atoms with Gasteiger partial charge in [-0.3, -0.25) is 0 Å². The third-order valence-corrected chi connectivity index (χ3v) is 1.30. The highest BCUT2D eigenvalue weighted by Gasteiger charge is 1.96. The van der Waals surface area contributed by atoms with Crippen molar-refractivity contribution >= 4 is 0 Å². The highest BCUT2D eigenvalue weighted by Crippen LogP contribution is 2.00. The lowest BCUT2D eigenvalue weighted by atomic mass is 10.2. The zero-order valence-corrected chi connectivity index (χ0v) is 6.78. The largest absolute Gasteiger partial charge is 0.246 e. The molecular formula is C10H5N3. The molecule has 1 rings (SSSR count). The Bertz CT molecular complexity index is 438. The fourth-order valence-corrected chi connectivity index (χ4v) is 0.763. The van der Waals surface area contributed by atoms with Crippen LogP contribution in [0.3, 0.4) is 0 Å². The van der Waals surface area contributed by atoms with E-state index in [0.29, 0.717) is 11.3 Å². The molecule has 0 spiro atoms. The maximum Gasteiger partial charge on any atom is 0.130 e. The summed E-state index contributed by atoms with van der Waals surface area (Å²) in [4.78, 5) is 3.92. The SMILES string of the molecule is N#CCC#Cc1ncccc1C#N. The Hall–Kier alpha value is -2.31. The number of hydrogen-bond acceptors (Lipinski definition) is 3. The minimum Gasteiger partial charge on any atom is -0.246 e. The smallest absolute Gasteiger partial charge is 0.130 e. The van der Waals surface area contributed by atoms with Crippen molar-refractivity contribution in [2.24, 2.45) is 0 Å². The molecule has 13 heavy (non-hydrogen) atoms. The Morgan fingerprint density at radius 1 is 1.38 bits per heavy atom. The van der Waals surface area contributed by atoms with E-state index in [0.717, 1.165) is 0 Å². The molecule has 60 valence electrons. The summed E-state index contributed by atoms with van der Waals surface area (Å²) in [5.74, 6) is 5.26. The Labute approximate surface area is 76.3 Å². The lowest BCUT2D eigenvalue weighted by Gasteiger charge is -1.90. The Balaban J connectivity index is 2.99. The Morgan fingerprint density at radius 2 is 2.23 bits per heavy atom. The van der Waals surface area contributed by atoms with Gasteiger partial charge in [0.1, 0.15) is 11.8 Å². The standard InChI is InChI=1S/C10H5N3/c11-6-2-1-5-10-9(8-12)4-3-7-13-10/h3-4,7H,2H2. The van der Waals surface area contributed by atoms with Crippen molar-refractivity contribution in [3.05, 3.63) is 29.6 Å². The van der Waals surface area contributed by atoms with Gasteiger partial charge in [-0.1, -0.05) is 5.92 Å². The van der Waals surface area contributed by atoms with Gasteiger partial charge in [-0.25, -0.2) is 4.98 Å². The first-order valence-corrected chi connectivity index (χ1v) is 3.59. The lowest BCUT2D eigenvalue weighted by molar-refractivity contribution is 1.26. The quantitative estimate of drug-likeness (QED) is 0.546. The van der Waals surface area contributed by atoms with Crippen LogP contribution in [-0.4, -0.2) is 4.98 Å². The fourth-order valence-electron chi connectivity index (χ4n) is 0.763. The van der Waals surface area contributed by atoms with Crippen LogP contribution in [0.15, 0.2) is 18.3 Å². The second-order valence-electron chi connectivity index (χ2n) is 2.15. The predicted molar refractivity (Wildman–Crippen MR) is 46.1 cm³/mol. The van der Waals surface area contributed by atoms with Gasteiger partial charge >= 0.3 is 0 Å². The van der Waals surface area contributed by atoms with Crippen LogP contribution >= 0.6 is 0 Å². The number of pyridine rings is 1. The Morgan fingerprint density at radius 3 is 2.92 bits per heavy atom. The average molecular weight is 167 g/mol. The van der Waals surface area contributed by atoms with Gasteiger partial charge in [-0.2, -0.15) is 10.5 Å². The summed E-state index contributed by atoms with van der Waals surface area (Å²) >= 11 is 0. The van der Waals surface area contributed by atoms with Crippen molar-refractivity contribution in [1.82, 2.24) is 4.98 Å². The minimum atomic E-state index is 0.154. The van der Waals surface area contributed by atoms with Crippen LogP contribution in [0, 0.1) is 34.5 Å². The van der Waals surface area contributed by atoms with Crippen LogP contribution in [0.2, 0.25) is 0 Å². The molecule has 0 amide bonds. The molecule has 0 N–H and O–H groups in total. The minimum absolute atomic E-state index is 0.154. The third-order valence-electron chi connectivity index (χ3n) is 1.30. The van der Waals surface area contributed by atoms with Crippen molar-refractivity contribution in [2.45, 2.75) is 6.42 Å². The van der Waals surface area contributed by atoms with E-state index in [1.165, 1.54) is 0 Å². The van der Waals surface area contributed by atoms with Crippen LogP contribution in [-0.2, 0) is 0 Å². The third kappa shape index (κ3) is 2.33. The summed E-state index contributed by atoms with van der Waals surface area (Å²) in [5, 5.41) is 16.9. The molecule has 0 bridgehead atoms. The molecule has 3 heteroatoms. The number of nitrogens with zero attached hydrogens (tertiary/aromatic N) is 3. The number of hydrogen-bond donors (Lipinski definition) is 0. The first kappa shape index (κ1) is 8.78. The number of rotatable bonds is 0. The summed E-state index contributed by atoms with van der Waals surface area (Å²) in [5.41, 5.74) is 0.869. The molecular weight excluding hydrogens is 162 g/mol. The van der Waals surface area contributed by atoms with Crippen molar-refractivity contribution in [3.8, 4) is 24.0 Å². The average Bonchev–Trinajstić information content (AvgIpc) is 2.19. The molecule has 0 unspecified atom stereocenters. The van der Waals surface area contributed by atoms with Gasteiger partial charge in [0.25, 0.3) is 0 Å². The first-order valence-electron chi connectivity index (χ1n) is 3.59. The topological polar surface area (TPSA) is 60.5 Å². The van der Waals surface area contributed by atoms with Gasteiger partial charge in [0.2, 0.25) is 0 Å². The molecule has 0 aromatic carbocycles. The van der Waals surface area contributed by atoms with Gasteiger partial charge < -0.3 is 0 Å². The summed E-state index contributed by atoms with van der Waals surface area (Å²) in [6.45, 7) is 0. The van der Waals surface area contributed by atoms with E-state index in [-0.39, 0.29) is 6.42 Å². The fraction of sp³-hybridized carbons (Fsp3) is 0.100. The van der Waals surface area contributed by atoms with Gasteiger partial charge in [-0.05, 0) is 18.1 Å². The van der Waals surface area contributed by atoms with Crippen molar-refractivity contribution in [1.29, 1.82) is 10.5 Å². The Kier molecular flexibility index (Phi) is 3.07. The predicted octanol–water partition coefficient (Wildman–Crippen LogP) is 1.22. The van der Waals surface area contributed by atoms with Crippen LogP contribution in [0.4, 0.5) is 0 Å². The highest BCUT2D eigenvalue weighted by atomic mass is 14.7. The van der Waals surface area contributed by atoms with Crippen LogP contribution in [0.25, 0.3) is 0 Å². The lowest BCUT2D eigenvalue weighted by Crippen LogP contribution is -1.86.